The average molecular weight is 398 g/mol. The molecule has 0 aliphatic rings. The van der Waals surface area contributed by atoms with Gasteiger partial charge in [-0.25, -0.2) is 18.2 Å². The number of aromatic nitrogens is 1. The Labute approximate surface area is 131 Å². The molecule has 0 unspecified atom stereocenters. The van der Waals surface area contributed by atoms with Crippen molar-refractivity contribution in [3.63, 3.8) is 0 Å². The Hall–Kier alpha value is -1.16. The Morgan fingerprint density at radius 2 is 2.15 bits per heavy atom. The van der Waals surface area contributed by atoms with E-state index in [0.717, 1.165) is 16.8 Å². The molecule has 0 atom stereocenters. The largest absolute Gasteiger partial charge is 0.476 e. The van der Waals surface area contributed by atoms with E-state index in [4.69, 9.17) is 16.7 Å². The molecule has 20 heavy (non-hydrogen) atoms. The van der Waals surface area contributed by atoms with Gasteiger partial charge in [-0.2, -0.15) is 0 Å². The number of halogens is 2. The van der Waals surface area contributed by atoms with Crippen molar-refractivity contribution in [2.75, 3.05) is 4.72 Å². The number of benzene rings is 1. The van der Waals surface area contributed by atoms with Crippen molar-refractivity contribution in [3.8, 4) is 0 Å². The summed E-state index contributed by atoms with van der Waals surface area (Å²) in [7, 11) is -4.05. The first-order valence-corrected chi connectivity index (χ1v) is 8.50. The summed E-state index contributed by atoms with van der Waals surface area (Å²) >= 11 is 9.74. The SMILES string of the molecule is O=C(O)c1ncsc1S(=O)(=O)Nc1cccc(Cl)c1Br. The number of hydrogen-bond acceptors (Lipinski definition) is 5. The first-order chi connectivity index (χ1) is 9.33. The van der Waals surface area contributed by atoms with Crippen LogP contribution in [0.2, 0.25) is 5.02 Å². The number of carbonyl (C=O) groups is 1. The Morgan fingerprint density at radius 1 is 1.45 bits per heavy atom. The number of rotatable bonds is 4. The van der Waals surface area contributed by atoms with Crippen LogP contribution in [0, 0.1) is 0 Å². The molecule has 0 saturated heterocycles. The van der Waals surface area contributed by atoms with E-state index >= 15 is 0 Å². The molecule has 2 N–H and O–H groups in total. The fraction of sp³-hybridized carbons (Fsp3) is 0. The maximum atomic E-state index is 12.2. The molecule has 2 aromatic rings. The van der Waals surface area contributed by atoms with Gasteiger partial charge in [0.05, 0.1) is 20.7 Å². The minimum atomic E-state index is -4.05. The van der Waals surface area contributed by atoms with Crippen molar-refractivity contribution < 1.29 is 18.3 Å². The number of sulfonamides is 1. The van der Waals surface area contributed by atoms with Crippen LogP contribution in [0.15, 0.2) is 32.4 Å². The molecule has 6 nitrogen and oxygen atoms in total. The molecule has 1 aromatic carbocycles. The Morgan fingerprint density at radius 3 is 2.80 bits per heavy atom. The normalized spacial score (nSPS) is 11.3. The summed E-state index contributed by atoms with van der Waals surface area (Å²) < 4.78 is 26.6. The highest BCUT2D eigenvalue weighted by molar-refractivity contribution is 9.10. The number of carboxylic acids is 1. The van der Waals surface area contributed by atoms with E-state index < -0.39 is 21.7 Å². The maximum absolute atomic E-state index is 12.2. The fourth-order valence-corrected chi connectivity index (χ4v) is 4.22. The summed E-state index contributed by atoms with van der Waals surface area (Å²) in [5, 5.41) is 9.23. The van der Waals surface area contributed by atoms with E-state index in [1.165, 1.54) is 6.07 Å². The van der Waals surface area contributed by atoms with Crippen LogP contribution in [0.1, 0.15) is 10.5 Å². The lowest BCUT2D eigenvalue weighted by molar-refractivity contribution is 0.0687. The van der Waals surface area contributed by atoms with E-state index in [2.05, 4.69) is 25.6 Å². The van der Waals surface area contributed by atoms with Crippen molar-refractivity contribution in [1.29, 1.82) is 0 Å². The molecule has 0 bridgehead atoms. The summed E-state index contributed by atoms with van der Waals surface area (Å²) in [5.41, 5.74) is 0.855. The molecule has 106 valence electrons. The number of aromatic carboxylic acids is 1. The van der Waals surface area contributed by atoms with Crippen molar-refractivity contribution in [2.45, 2.75) is 4.21 Å². The zero-order chi connectivity index (χ0) is 14.9. The minimum Gasteiger partial charge on any atom is -0.476 e. The molecular formula is C10H6BrClN2O4S2. The van der Waals surface area contributed by atoms with E-state index in [9.17, 15) is 13.2 Å². The Bertz CT molecular complexity index is 775. The molecule has 0 radical (unpaired) electrons. The quantitative estimate of drug-likeness (QED) is 0.826. The molecule has 10 heteroatoms. The summed E-state index contributed by atoms with van der Waals surface area (Å²) in [6, 6.07) is 4.64. The third-order valence-electron chi connectivity index (χ3n) is 2.18. The molecule has 1 aromatic heterocycles. The Balaban J connectivity index is 2.44. The predicted molar refractivity (Wildman–Crippen MR) is 79.0 cm³/mol. The van der Waals surface area contributed by atoms with Crippen LogP contribution in [0.5, 0.6) is 0 Å². The second-order valence-corrected chi connectivity index (χ2v) is 7.43. The van der Waals surface area contributed by atoms with Gasteiger partial charge in [0.2, 0.25) is 0 Å². The second kappa shape index (κ2) is 5.68. The maximum Gasteiger partial charge on any atom is 0.356 e. The van der Waals surface area contributed by atoms with E-state index in [0.29, 0.717) is 9.50 Å². The molecule has 0 saturated carbocycles. The topological polar surface area (TPSA) is 96.4 Å². The van der Waals surface area contributed by atoms with Crippen LogP contribution < -0.4 is 4.72 Å². The lowest BCUT2D eigenvalue weighted by Crippen LogP contribution is -2.15. The molecule has 0 fully saturated rings. The van der Waals surface area contributed by atoms with Gasteiger partial charge in [-0.3, -0.25) is 4.72 Å². The second-order valence-electron chi connectivity index (χ2n) is 3.50. The summed E-state index contributed by atoms with van der Waals surface area (Å²) in [5.74, 6) is -1.41. The van der Waals surface area contributed by atoms with Crippen molar-refractivity contribution in [3.05, 3.63) is 38.9 Å². The van der Waals surface area contributed by atoms with E-state index in [1.54, 1.807) is 12.1 Å². The van der Waals surface area contributed by atoms with Gasteiger partial charge in [0, 0.05) is 0 Å². The number of thiazole rings is 1. The van der Waals surface area contributed by atoms with Gasteiger partial charge in [0.15, 0.2) is 9.90 Å². The third kappa shape index (κ3) is 2.95. The first-order valence-electron chi connectivity index (χ1n) is 4.96. The number of carboxylic acid groups (broad SMARTS) is 1. The van der Waals surface area contributed by atoms with E-state index in [1.807, 2.05) is 0 Å². The lowest BCUT2D eigenvalue weighted by atomic mass is 10.3. The number of nitrogens with one attached hydrogen (secondary N) is 1. The number of anilines is 1. The molecule has 2 rings (SSSR count). The highest BCUT2D eigenvalue weighted by Gasteiger charge is 2.26. The van der Waals surface area contributed by atoms with Crippen LogP contribution in [0.25, 0.3) is 0 Å². The summed E-state index contributed by atoms with van der Waals surface area (Å²) in [6.07, 6.45) is 0. The van der Waals surface area contributed by atoms with Crippen LogP contribution in [0.3, 0.4) is 0 Å². The van der Waals surface area contributed by atoms with Crippen LogP contribution in [-0.2, 0) is 10.0 Å². The molecular weight excluding hydrogens is 392 g/mol. The van der Waals surface area contributed by atoms with Gasteiger partial charge >= 0.3 is 5.97 Å². The van der Waals surface area contributed by atoms with Crippen molar-refractivity contribution in [2.24, 2.45) is 0 Å². The van der Waals surface area contributed by atoms with Gasteiger partial charge in [-0.15, -0.1) is 11.3 Å². The molecule has 1 heterocycles. The summed E-state index contributed by atoms with van der Waals surface area (Å²) in [6.45, 7) is 0. The molecule has 0 aliphatic carbocycles. The monoisotopic (exact) mass is 396 g/mol. The van der Waals surface area contributed by atoms with Crippen LogP contribution in [-0.4, -0.2) is 24.5 Å². The molecule has 0 aliphatic heterocycles. The molecule has 0 spiro atoms. The van der Waals surface area contributed by atoms with Crippen molar-refractivity contribution in [1.82, 2.24) is 4.98 Å². The first kappa shape index (κ1) is 15.2. The van der Waals surface area contributed by atoms with Gasteiger partial charge in [0.1, 0.15) is 0 Å². The van der Waals surface area contributed by atoms with Crippen LogP contribution >= 0.6 is 38.9 Å². The van der Waals surface area contributed by atoms with Gasteiger partial charge in [-0.1, -0.05) is 17.7 Å². The Kier molecular flexibility index (Phi) is 4.33. The van der Waals surface area contributed by atoms with Gasteiger partial charge in [0.25, 0.3) is 10.0 Å². The van der Waals surface area contributed by atoms with Crippen LogP contribution in [0.4, 0.5) is 5.69 Å². The highest BCUT2D eigenvalue weighted by Crippen LogP contribution is 2.32. The zero-order valence-electron chi connectivity index (χ0n) is 9.50. The predicted octanol–water partition coefficient (Wildman–Crippen LogP) is 3.06. The number of hydrogen-bond donors (Lipinski definition) is 2. The van der Waals surface area contributed by atoms with Crippen molar-refractivity contribution >= 4 is 60.5 Å². The standard InChI is InChI=1S/C10H6BrClN2O4S2/c11-7-5(12)2-1-3-6(7)14-20(17,18)10-8(9(15)16)13-4-19-10/h1-4,14H,(H,15,16). The smallest absolute Gasteiger partial charge is 0.356 e. The van der Waals surface area contributed by atoms with Gasteiger partial charge < -0.3 is 5.11 Å². The average Bonchev–Trinajstić information content (AvgIpc) is 2.85. The zero-order valence-corrected chi connectivity index (χ0v) is 13.5. The summed E-state index contributed by atoms with van der Waals surface area (Å²) in [4.78, 5) is 14.5. The lowest BCUT2D eigenvalue weighted by Gasteiger charge is -2.09. The fourth-order valence-electron chi connectivity index (χ4n) is 1.34. The highest BCUT2D eigenvalue weighted by atomic mass is 79.9. The molecule has 0 amide bonds. The van der Waals surface area contributed by atoms with Gasteiger partial charge in [-0.05, 0) is 28.1 Å². The minimum absolute atomic E-state index is 0.210. The number of nitrogens with zero attached hydrogens (tertiary/aromatic N) is 1. The third-order valence-corrected chi connectivity index (χ3v) is 6.31. The van der Waals surface area contributed by atoms with E-state index in [-0.39, 0.29) is 9.90 Å².